The van der Waals surface area contributed by atoms with Gasteiger partial charge in [-0.25, -0.2) is 4.79 Å². The fourth-order valence-electron chi connectivity index (χ4n) is 1.74. The van der Waals surface area contributed by atoms with Gasteiger partial charge in [-0.05, 0) is 12.3 Å². The van der Waals surface area contributed by atoms with Gasteiger partial charge in [0.05, 0.1) is 19.1 Å². The second-order valence-corrected chi connectivity index (χ2v) is 5.48. The number of aliphatic carboxylic acids is 2. The van der Waals surface area contributed by atoms with Crippen LogP contribution in [0.2, 0.25) is 0 Å². The number of carbonyl (C=O) groups excluding carboxylic acids is 2. The van der Waals surface area contributed by atoms with Gasteiger partial charge >= 0.3 is 11.9 Å². The largest absolute Gasteiger partial charge is 0.481 e. The van der Waals surface area contributed by atoms with Crippen LogP contribution in [0.15, 0.2) is 0 Å². The summed E-state index contributed by atoms with van der Waals surface area (Å²) in [4.78, 5) is 45.4. The van der Waals surface area contributed by atoms with Crippen LogP contribution in [0, 0.1) is 5.92 Å². The van der Waals surface area contributed by atoms with Gasteiger partial charge in [-0.1, -0.05) is 13.8 Å². The van der Waals surface area contributed by atoms with Crippen LogP contribution in [0.25, 0.3) is 0 Å². The highest BCUT2D eigenvalue weighted by Crippen LogP contribution is 2.04. The minimum absolute atomic E-state index is 0.119. The Labute approximate surface area is 133 Å². The minimum Gasteiger partial charge on any atom is -0.481 e. The summed E-state index contributed by atoms with van der Waals surface area (Å²) in [7, 11) is 0. The van der Waals surface area contributed by atoms with E-state index in [9.17, 15) is 19.2 Å². The Balaban J connectivity index is 4.93. The Morgan fingerprint density at radius 1 is 1.00 bits per heavy atom. The summed E-state index contributed by atoms with van der Waals surface area (Å²) < 4.78 is 0. The van der Waals surface area contributed by atoms with Gasteiger partial charge in [-0.15, -0.1) is 0 Å². The first-order valence-corrected chi connectivity index (χ1v) is 7.00. The summed E-state index contributed by atoms with van der Waals surface area (Å²) in [5, 5.41) is 30.6. The third-order valence-electron chi connectivity index (χ3n) is 2.87. The molecular weight excluding hydrogens is 310 g/mol. The van der Waals surface area contributed by atoms with Crippen LogP contribution in [-0.2, 0) is 19.2 Å². The normalized spacial score (nSPS) is 14.7. The van der Waals surface area contributed by atoms with Gasteiger partial charge in [-0.2, -0.15) is 0 Å². The molecule has 0 saturated carbocycles. The maximum Gasteiger partial charge on any atom is 0.328 e. The first-order valence-electron chi connectivity index (χ1n) is 7.00. The van der Waals surface area contributed by atoms with Gasteiger partial charge in [0.25, 0.3) is 0 Å². The predicted octanol–water partition coefficient (Wildman–Crippen LogP) is -2.12. The fraction of sp³-hybridized carbons (Fsp3) is 0.692. The maximum atomic E-state index is 11.9. The number of aliphatic hydroxyl groups is 1. The van der Waals surface area contributed by atoms with Gasteiger partial charge in [0.15, 0.2) is 0 Å². The number of hydrogen-bond acceptors (Lipinski definition) is 6. The highest BCUT2D eigenvalue weighted by molar-refractivity contribution is 5.93. The van der Waals surface area contributed by atoms with E-state index < -0.39 is 54.9 Å². The van der Waals surface area contributed by atoms with E-state index in [1.165, 1.54) is 0 Å². The number of carboxylic acid groups (broad SMARTS) is 2. The third-order valence-corrected chi connectivity index (χ3v) is 2.87. The number of nitrogens with two attached hydrogens (primary N) is 1. The van der Waals surface area contributed by atoms with Crippen LogP contribution in [0.5, 0.6) is 0 Å². The zero-order chi connectivity index (χ0) is 18.2. The van der Waals surface area contributed by atoms with Crippen LogP contribution in [0.3, 0.4) is 0 Å². The van der Waals surface area contributed by atoms with Gasteiger partial charge in [-0.3, -0.25) is 14.4 Å². The molecule has 0 radical (unpaired) electrons. The molecule has 0 fully saturated rings. The average Bonchev–Trinajstić information content (AvgIpc) is 2.41. The van der Waals surface area contributed by atoms with Crippen molar-refractivity contribution in [1.29, 1.82) is 0 Å². The summed E-state index contributed by atoms with van der Waals surface area (Å²) in [6, 6.07) is -4.01. The number of aliphatic hydroxyl groups excluding tert-OH is 1. The minimum atomic E-state index is -1.60. The van der Waals surface area contributed by atoms with Crippen LogP contribution in [-0.4, -0.2) is 63.8 Å². The molecule has 10 nitrogen and oxygen atoms in total. The highest BCUT2D eigenvalue weighted by Gasteiger charge is 2.29. The second kappa shape index (κ2) is 9.74. The predicted molar refractivity (Wildman–Crippen MR) is 78.3 cm³/mol. The van der Waals surface area contributed by atoms with Crippen molar-refractivity contribution in [3.8, 4) is 0 Å². The van der Waals surface area contributed by atoms with Gasteiger partial charge < -0.3 is 31.7 Å². The molecule has 7 N–H and O–H groups in total. The van der Waals surface area contributed by atoms with Crippen molar-refractivity contribution in [1.82, 2.24) is 10.6 Å². The summed E-state index contributed by atoms with van der Waals surface area (Å²) in [6.45, 7) is 2.81. The molecule has 2 amide bonds. The molecule has 0 aliphatic carbocycles. The summed E-state index contributed by atoms with van der Waals surface area (Å²) in [5.74, 6) is -4.47. The van der Waals surface area contributed by atoms with Crippen molar-refractivity contribution in [2.24, 2.45) is 11.7 Å². The Kier molecular flexibility index (Phi) is 8.81. The molecule has 0 spiro atoms. The zero-order valence-electron chi connectivity index (χ0n) is 13.0. The lowest BCUT2D eigenvalue weighted by Gasteiger charge is -2.21. The number of carbonyl (C=O) groups is 4. The van der Waals surface area contributed by atoms with E-state index >= 15 is 0 Å². The van der Waals surface area contributed by atoms with Crippen LogP contribution in [0.1, 0.15) is 26.7 Å². The Morgan fingerprint density at radius 2 is 1.52 bits per heavy atom. The number of nitrogens with one attached hydrogen (secondary N) is 2. The Morgan fingerprint density at radius 3 is 1.91 bits per heavy atom. The smallest absolute Gasteiger partial charge is 0.328 e. The van der Waals surface area contributed by atoms with E-state index in [2.05, 4.69) is 5.32 Å². The van der Waals surface area contributed by atoms with E-state index in [0.29, 0.717) is 6.42 Å². The molecule has 0 aliphatic heterocycles. The first kappa shape index (κ1) is 20.8. The molecule has 0 aromatic carbocycles. The van der Waals surface area contributed by atoms with Crippen LogP contribution in [0.4, 0.5) is 0 Å². The Hall–Kier alpha value is -2.20. The number of carboxylic acids is 2. The second-order valence-electron chi connectivity index (χ2n) is 5.48. The molecule has 0 rings (SSSR count). The van der Waals surface area contributed by atoms with Crippen LogP contribution < -0.4 is 16.4 Å². The van der Waals surface area contributed by atoms with E-state index in [0.717, 1.165) is 0 Å². The third kappa shape index (κ3) is 8.12. The van der Waals surface area contributed by atoms with Gasteiger partial charge in [0.2, 0.25) is 11.8 Å². The molecule has 132 valence electrons. The fourth-order valence-corrected chi connectivity index (χ4v) is 1.74. The molecule has 10 heteroatoms. The highest BCUT2D eigenvalue weighted by atomic mass is 16.4. The summed E-state index contributed by atoms with van der Waals surface area (Å²) >= 11 is 0. The first-order chi connectivity index (χ1) is 10.6. The molecule has 0 bridgehead atoms. The lowest BCUT2D eigenvalue weighted by Crippen LogP contribution is -2.55. The standard InChI is InChI=1S/C13H23N3O7/c1-6(2)3-7(14)11(20)15-8(4-10(18)19)12(21)16-9(5-17)13(22)23/h6-9,17H,3-5,14H2,1-2H3,(H,15,20)(H,16,21)(H,18,19)(H,22,23). The van der Waals surface area contributed by atoms with Crippen molar-refractivity contribution in [3.05, 3.63) is 0 Å². The molecule has 0 aliphatic rings. The van der Waals surface area contributed by atoms with Gasteiger partial charge in [0, 0.05) is 0 Å². The molecule has 3 unspecified atom stereocenters. The topological polar surface area (TPSA) is 179 Å². The van der Waals surface area contributed by atoms with Gasteiger partial charge in [0.1, 0.15) is 12.1 Å². The molecule has 0 aromatic heterocycles. The van der Waals surface area contributed by atoms with E-state index in [1.54, 1.807) is 0 Å². The number of rotatable bonds is 10. The molecule has 0 aromatic rings. The van der Waals surface area contributed by atoms with Crippen LogP contribution >= 0.6 is 0 Å². The molecule has 3 atom stereocenters. The average molecular weight is 333 g/mol. The van der Waals surface area contributed by atoms with E-state index in [1.807, 2.05) is 19.2 Å². The number of amides is 2. The quantitative estimate of drug-likeness (QED) is 0.262. The molecule has 0 heterocycles. The monoisotopic (exact) mass is 333 g/mol. The SMILES string of the molecule is CC(C)CC(N)C(=O)NC(CC(=O)O)C(=O)NC(CO)C(=O)O. The summed E-state index contributed by atoms with van der Waals surface area (Å²) in [5.41, 5.74) is 5.65. The van der Waals surface area contributed by atoms with E-state index in [4.69, 9.17) is 21.1 Å². The van der Waals surface area contributed by atoms with Crippen molar-refractivity contribution < 1.29 is 34.5 Å². The molecule has 23 heavy (non-hydrogen) atoms. The Bertz CT molecular complexity index is 453. The lowest BCUT2D eigenvalue weighted by molar-refractivity contribution is -0.144. The zero-order valence-corrected chi connectivity index (χ0v) is 13.0. The lowest BCUT2D eigenvalue weighted by atomic mass is 10.0. The van der Waals surface area contributed by atoms with Crippen molar-refractivity contribution in [3.63, 3.8) is 0 Å². The molecular formula is C13H23N3O7. The van der Waals surface area contributed by atoms with E-state index in [-0.39, 0.29) is 5.92 Å². The van der Waals surface area contributed by atoms with Crippen molar-refractivity contribution in [2.45, 2.75) is 44.8 Å². The number of hydrogen-bond donors (Lipinski definition) is 6. The van der Waals surface area contributed by atoms with Crippen molar-refractivity contribution in [2.75, 3.05) is 6.61 Å². The molecule has 0 saturated heterocycles. The van der Waals surface area contributed by atoms with Crippen molar-refractivity contribution >= 4 is 23.8 Å². The maximum absolute atomic E-state index is 11.9. The summed E-state index contributed by atoms with van der Waals surface area (Å²) in [6.07, 6.45) is -0.411.